The van der Waals surface area contributed by atoms with Crippen LogP contribution >= 0.6 is 11.3 Å². The molecule has 1 aliphatic rings. The Kier molecular flexibility index (Phi) is 7.91. The summed E-state index contributed by atoms with van der Waals surface area (Å²) in [6.07, 6.45) is 5.39. The Bertz CT molecular complexity index is 728. The third-order valence-corrected chi connectivity index (χ3v) is 6.06. The number of carbonyl (C=O) groups is 2. The van der Waals surface area contributed by atoms with E-state index < -0.39 is 6.09 Å². The Morgan fingerprint density at radius 3 is 2.61 bits per heavy atom. The fourth-order valence-electron chi connectivity index (χ4n) is 3.64. The molecule has 150 valence electrons. The summed E-state index contributed by atoms with van der Waals surface area (Å²) in [6.45, 7) is 0.672. The summed E-state index contributed by atoms with van der Waals surface area (Å²) in [4.78, 5) is 25.4. The predicted molar refractivity (Wildman–Crippen MR) is 111 cm³/mol. The van der Waals surface area contributed by atoms with Gasteiger partial charge in [0.15, 0.2) is 0 Å². The molecule has 28 heavy (non-hydrogen) atoms. The molecular formula is C22H28N2O3S. The van der Waals surface area contributed by atoms with Crippen LogP contribution in [-0.4, -0.2) is 18.5 Å². The predicted octanol–water partition coefficient (Wildman–Crippen LogP) is 4.80. The smallest absolute Gasteiger partial charge is 0.407 e. The summed E-state index contributed by atoms with van der Waals surface area (Å²) in [5, 5.41) is 7.99. The third-order valence-electron chi connectivity index (χ3n) is 5.10. The summed E-state index contributed by atoms with van der Waals surface area (Å²) in [5.41, 5.74) is 0.948. The van der Waals surface area contributed by atoms with Gasteiger partial charge in [-0.05, 0) is 42.2 Å². The molecule has 1 atom stereocenters. The molecule has 6 heteroatoms. The van der Waals surface area contributed by atoms with Gasteiger partial charge in [-0.15, -0.1) is 11.3 Å². The quantitative estimate of drug-likeness (QED) is 0.594. The van der Waals surface area contributed by atoms with Crippen molar-refractivity contribution < 1.29 is 14.3 Å². The zero-order chi connectivity index (χ0) is 19.6. The lowest BCUT2D eigenvalue weighted by atomic mass is 9.96. The number of carbonyl (C=O) groups excluding carboxylic acids is 2. The van der Waals surface area contributed by atoms with Crippen molar-refractivity contribution in [3.8, 4) is 0 Å². The maximum absolute atomic E-state index is 12.4. The number of benzene rings is 1. The minimum absolute atomic E-state index is 0.0461. The maximum Gasteiger partial charge on any atom is 0.407 e. The molecule has 1 heterocycles. The lowest BCUT2D eigenvalue weighted by Gasteiger charge is -2.23. The Balaban J connectivity index is 1.34. The Hall–Kier alpha value is -2.34. The molecule has 0 saturated heterocycles. The van der Waals surface area contributed by atoms with Gasteiger partial charge in [0.1, 0.15) is 6.61 Å². The van der Waals surface area contributed by atoms with Crippen LogP contribution in [0.3, 0.4) is 0 Å². The van der Waals surface area contributed by atoms with Crippen molar-refractivity contribution in [2.45, 2.75) is 51.2 Å². The Labute approximate surface area is 170 Å². The van der Waals surface area contributed by atoms with Crippen LogP contribution in [0.25, 0.3) is 0 Å². The van der Waals surface area contributed by atoms with Crippen LogP contribution in [0.1, 0.15) is 55.0 Å². The summed E-state index contributed by atoms with van der Waals surface area (Å²) in [6, 6.07) is 13.8. The first-order valence-corrected chi connectivity index (χ1v) is 10.9. The number of amides is 2. The minimum atomic E-state index is -0.452. The van der Waals surface area contributed by atoms with E-state index in [1.54, 1.807) is 11.3 Å². The molecular weight excluding hydrogens is 372 g/mol. The van der Waals surface area contributed by atoms with Crippen LogP contribution in [0.2, 0.25) is 0 Å². The fraction of sp³-hybridized carbons (Fsp3) is 0.455. The molecule has 0 radical (unpaired) electrons. The summed E-state index contributed by atoms with van der Waals surface area (Å²) < 4.78 is 5.17. The van der Waals surface area contributed by atoms with Gasteiger partial charge in [-0.3, -0.25) is 4.79 Å². The highest BCUT2D eigenvalue weighted by atomic mass is 32.1. The molecule has 0 bridgehead atoms. The lowest BCUT2D eigenvalue weighted by Crippen LogP contribution is -2.33. The topological polar surface area (TPSA) is 67.4 Å². The van der Waals surface area contributed by atoms with Crippen molar-refractivity contribution in [3.63, 3.8) is 0 Å². The monoisotopic (exact) mass is 400 g/mol. The second-order valence-electron chi connectivity index (χ2n) is 7.20. The summed E-state index contributed by atoms with van der Waals surface area (Å²) >= 11 is 1.71. The number of alkyl carbamates (subject to hydrolysis) is 1. The van der Waals surface area contributed by atoms with E-state index in [2.05, 4.69) is 22.1 Å². The molecule has 1 aromatic carbocycles. The number of nitrogens with one attached hydrogen (secondary N) is 2. The molecule has 3 rings (SSSR count). The fourth-order valence-corrected chi connectivity index (χ4v) is 4.51. The first-order chi connectivity index (χ1) is 13.7. The molecule has 1 aliphatic carbocycles. The van der Waals surface area contributed by atoms with Gasteiger partial charge in [-0.2, -0.15) is 0 Å². The number of hydrogen-bond acceptors (Lipinski definition) is 4. The van der Waals surface area contributed by atoms with E-state index in [9.17, 15) is 9.59 Å². The van der Waals surface area contributed by atoms with E-state index in [1.807, 2.05) is 36.4 Å². The summed E-state index contributed by atoms with van der Waals surface area (Å²) in [5.74, 6) is 0.582. The maximum atomic E-state index is 12.4. The molecule has 1 unspecified atom stereocenters. The average molecular weight is 401 g/mol. The van der Waals surface area contributed by atoms with Crippen LogP contribution in [0.15, 0.2) is 47.8 Å². The van der Waals surface area contributed by atoms with Gasteiger partial charge in [-0.25, -0.2) is 4.79 Å². The van der Waals surface area contributed by atoms with Gasteiger partial charge >= 0.3 is 6.09 Å². The van der Waals surface area contributed by atoms with E-state index in [0.717, 1.165) is 5.56 Å². The number of ether oxygens (including phenoxy) is 1. The first kappa shape index (κ1) is 20.4. The number of rotatable bonds is 9. The lowest BCUT2D eigenvalue weighted by molar-refractivity contribution is -0.122. The Morgan fingerprint density at radius 2 is 1.89 bits per heavy atom. The zero-order valence-corrected chi connectivity index (χ0v) is 16.9. The minimum Gasteiger partial charge on any atom is -0.445 e. The van der Waals surface area contributed by atoms with E-state index in [1.165, 1.54) is 30.6 Å². The van der Waals surface area contributed by atoms with Crippen molar-refractivity contribution in [2.75, 3.05) is 6.54 Å². The number of thiophene rings is 1. The summed E-state index contributed by atoms with van der Waals surface area (Å²) in [7, 11) is 0. The van der Waals surface area contributed by atoms with Crippen molar-refractivity contribution in [2.24, 2.45) is 5.92 Å². The molecule has 1 aromatic heterocycles. The molecule has 1 fully saturated rings. The molecule has 5 nitrogen and oxygen atoms in total. The molecule has 0 aliphatic heterocycles. The van der Waals surface area contributed by atoms with Crippen molar-refractivity contribution in [3.05, 3.63) is 58.3 Å². The molecule has 2 N–H and O–H groups in total. The van der Waals surface area contributed by atoms with E-state index >= 15 is 0 Å². The number of hydrogen-bond donors (Lipinski definition) is 2. The molecule has 0 spiro atoms. The van der Waals surface area contributed by atoms with E-state index in [0.29, 0.717) is 25.3 Å². The van der Waals surface area contributed by atoms with Gasteiger partial charge < -0.3 is 15.4 Å². The van der Waals surface area contributed by atoms with Crippen molar-refractivity contribution in [1.82, 2.24) is 10.6 Å². The second-order valence-corrected chi connectivity index (χ2v) is 8.18. The van der Waals surface area contributed by atoms with Crippen LogP contribution in [0.4, 0.5) is 4.79 Å². The normalized spacial score (nSPS) is 15.1. The van der Waals surface area contributed by atoms with Crippen LogP contribution < -0.4 is 10.6 Å². The molecule has 1 saturated carbocycles. The highest BCUT2D eigenvalue weighted by Crippen LogP contribution is 2.37. The molecule has 2 amide bonds. The van der Waals surface area contributed by atoms with Crippen LogP contribution in [0.5, 0.6) is 0 Å². The average Bonchev–Trinajstić information content (AvgIpc) is 3.43. The zero-order valence-electron chi connectivity index (χ0n) is 16.1. The van der Waals surface area contributed by atoms with Gasteiger partial charge in [-0.1, -0.05) is 49.2 Å². The highest BCUT2D eigenvalue weighted by Gasteiger charge is 2.28. The van der Waals surface area contributed by atoms with Crippen molar-refractivity contribution >= 4 is 23.3 Å². The van der Waals surface area contributed by atoms with Crippen molar-refractivity contribution in [1.29, 1.82) is 0 Å². The van der Waals surface area contributed by atoms with Gasteiger partial charge in [0, 0.05) is 17.8 Å². The first-order valence-electron chi connectivity index (χ1n) is 9.99. The second kappa shape index (κ2) is 10.9. The van der Waals surface area contributed by atoms with E-state index in [4.69, 9.17) is 4.74 Å². The standard InChI is InChI=1S/C22H28N2O3S/c25-20(24-21(18-10-4-5-11-18)19-12-7-15-28-19)13-6-14-23-22(26)27-16-17-8-2-1-3-9-17/h1-3,7-9,12,15,18,21H,4-6,10-11,13-14,16H2,(H,23,26)(H,24,25). The SMILES string of the molecule is O=C(CCCNC(=O)OCc1ccccc1)NC(c1cccs1)C1CCCC1. The third kappa shape index (κ3) is 6.37. The molecule has 2 aromatic rings. The van der Waals surface area contributed by atoms with Gasteiger partial charge in [0.25, 0.3) is 0 Å². The van der Waals surface area contributed by atoms with Crippen LogP contribution in [0, 0.1) is 5.92 Å². The highest BCUT2D eigenvalue weighted by molar-refractivity contribution is 7.10. The van der Waals surface area contributed by atoms with E-state index in [-0.39, 0.29) is 18.6 Å². The van der Waals surface area contributed by atoms with Gasteiger partial charge in [0.05, 0.1) is 6.04 Å². The van der Waals surface area contributed by atoms with Gasteiger partial charge in [0.2, 0.25) is 5.91 Å². The van der Waals surface area contributed by atoms with Crippen LogP contribution in [-0.2, 0) is 16.1 Å². The largest absolute Gasteiger partial charge is 0.445 e. The Morgan fingerprint density at radius 1 is 1.11 bits per heavy atom.